The number of aromatic nitrogens is 1. The number of hydrogen-bond donors (Lipinski definition) is 1. The molecule has 2 aromatic rings. The third-order valence-electron chi connectivity index (χ3n) is 2.35. The molecule has 0 saturated heterocycles. The van der Waals surface area contributed by atoms with Crippen molar-refractivity contribution in [3.8, 4) is 0 Å². The van der Waals surface area contributed by atoms with Crippen LogP contribution in [-0.4, -0.2) is 16.1 Å². The molecule has 1 aromatic heterocycles. The molecule has 0 radical (unpaired) electrons. The van der Waals surface area contributed by atoms with Crippen molar-refractivity contribution < 1.29 is 14.3 Å². The highest BCUT2D eigenvalue weighted by molar-refractivity contribution is 7.98. The van der Waals surface area contributed by atoms with Crippen LogP contribution in [0.5, 0.6) is 0 Å². The second-order valence-electron chi connectivity index (χ2n) is 3.73. The van der Waals surface area contributed by atoms with Gasteiger partial charge in [-0.25, -0.2) is 14.2 Å². The second kappa shape index (κ2) is 6.04. The van der Waals surface area contributed by atoms with Crippen LogP contribution in [0.15, 0.2) is 41.6 Å². The van der Waals surface area contributed by atoms with Crippen LogP contribution < -0.4 is 0 Å². The first kappa shape index (κ1) is 13.8. The van der Waals surface area contributed by atoms with Crippen LogP contribution in [-0.2, 0) is 5.75 Å². The van der Waals surface area contributed by atoms with Crippen LogP contribution in [0.3, 0.4) is 0 Å². The largest absolute Gasteiger partial charge is 0.478 e. The summed E-state index contributed by atoms with van der Waals surface area (Å²) >= 11 is 7.11. The van der Waals surface area contributed by atoms with Gasteiger partial charge in [-0.2, -0.15) is 0 Å². The lowest BCUT2D eigenvalue weighted by Gasteiger charge is -2.03. The summed E-state index contributed by atoms with van der Waals surface area (Å²) in [5.41, 5.74) is 1.02. The van der Waals surface area contributed by atoms with Gasteiger partial charge in [-0.1, -0.05) is 17.7 Å². The predicted molar refractivity (Wildman–Crippen MR) is 72.2 cm³/mol. The Bertz CT molecular complexity index is 604. The van der Waals surface area contributed by atoms with Gasteiger partial charge in [0.2, 0.25) is 0 Å². The molecule has 6 heteroatoms. The first-order valence-electron chi connectivity index (χ1n) is 5.32. The Morgan fingerprint density at radius 1 is 1.37 bits per heavy atom. The number of carbonyl (C=O) groups is 1. The Morgan fingerprint density at radius 3 is 2.74 bits per heavy atom. The topological polar surface area (TPSA) is 50.2 Å². The predicted octanol–water partition coefficient (Wildman–Crippen LogP) is 3.86. The fourth-order valence-electron chi connectivity index (χ4n) is 1.38. The molecular formula is C13H9ClFNO2S. The van der Waals surface area contributed by atoms with Gasteiger partial charge in [0.1, 0.15) is 5.82 Å². The lowest BCUT2D eigenvalue weighted by Crippen LogP contribution is -1.96. The first-order valence-corrected chi connectivity index (χ1v) is 6.68. The Hall–Kier alpha value is -1.59. The van der Waals surface area contributed by atoms with Crippen molar-refractivity contribution in [2.24, 2.45) is 0 Å². The van der Waals surface area contributed by atoms with E-state index in [1.165, 1.54) is 30.1 Å². The molecular weight excluding hydrogens is 289 g/mol. The third kappa shape index (κ3) is 3.68. The molecule has 1 heterocycles. The first-order chi connectivity index (χ1) is 9.06. The highest BCUT2D eigenvalue weighted by Crippen LogP contribution is 2.23. The summed E-state index contributed by atoms with van der Waals surface area (Å²) in [6.07, 6.45) is 1.31. The smallest absolute Gasteiger partial charge is 0.337 e. The van der Waals surface area contributed by atoms with Gasteiger partial charge in [-0.15, -0.1) is 11.8 Å². The van der Waals surface area contributed by atoms with Crippen LogP contribution in [0.25, 0.3) is 0 Å². The number of rotatable bonds is 4. The summed E-state index contributed by atoms with van der Waals surface area (Å²) in [5.74, 6) is -0.868. The number of nitrogens with zero attached hydrogens (tertiary/aromatic N) is 1. The molecule has 0 saturated carbocycles. The summed E-state index contributed by atoms with van der Waals surface area (Å²) in [4.78, 5) is 14.7. The zero-order valence-electron chi connectivity index (χ0n) is 9.64. The second-order valence-corrected chi connectivity index (χ2v) is 5.13. The minimum Gasteiger partial charge on any atom is -0.478 e. The normalized spacial score (nSPS) is 10.4. The van der Waals surface area contributed by atoms with Crippen LogP contribution in [0.2, 0.25) is 5.02 Å². The molecule has 2 rings (SSSR count). The number of pyridine rings is 1. The average molecular weight is 298 g/mol. The van der Waals surface area contributed by atoms with E-state index in [-0.39, 0.29) is 10.6 Å². The van der Waals surface area contributed by atoms with E-state index in [1.54, 1.807) is 18.2 Å². The molecule has 0 atom stereocenters. The number of hydrogen-bond acceptors (Lipinski definition) is 3. The SMILES string of the molecule is O=C(O)c1ccc(SCc2ccc(F)c(Cl)c2)nc1. The standard InChI is InChI=1S/C13H9ClFNO2S/c14-10-5-8(1-3-11(10)15)7-19-12-4-2-9(6-16-12)13(17)18/h1-6H,7H2,(H,17,18). The maximum atomic E-state index is 13.0. The quantitative estimate of drug-likeness (QED) is 0.871. The van der Waals surface area contributed by atoms with Crippen molar-refractivity contribution in [2.75, 3.05) is 0 Å². The van der Waals surface area contributed by atoms with Crippen molar-refractivity contribution in [3.63, 3.8) is 0 Å². The Balaban J connectivity index is 2.01. The number of benzene rings is 1. The van der Waals surface area contributed by atoms with Gasteiger partial charge >= 0.3 is 5.97 Å². The van der Waals surface area contributed by atoms with Crippen molar-refractivity contribution in [3.05, 3.63) is 58.5 Å². The summed E-state index contributed by atoms with van der Waals surface area (Å²) in [7, 11) is 0. The number of carboxylic acids is 1. The van der Waals surface area contributed by atoms with E-state index in [0.717, 1.165) is 5.56 Å². The molecule has 0 aliphatic carbocycles. The van der Waals surface area contributed by atoms with Crippen LogP contribution in [0.1, 0.15) is 15.9 Å². The molecule has 0 amide bonds. The van der Waals surface area contributed by atoms with Crippen LogP contribution >= 0.6 is 23.4 Å². The molecule has 3 nitrogen and oxygen atoms in total. The summed E-state index contributed by atoms with van der Waals surface area (Å²) < 4.78 is 13.0. The van der Waals surface area contributed by atoms with Gasteiger partial charge < -0.3 is 5.11 Å². The van der Waals surface area contributed by atoms with Gasteiger partial charge in [0.25, 0.3) is 0 Å². The molecule has 0 bridgehead atoms. The van der Waals surface area contributed by atoms with Crippen molar-refractivity contribution >= 4 is 29.3 Å². The molecule has 1 N–H and O–H groups in total. The average Bonchev–Trinajstić information content (AvgIpc) is 2.40. The van der Waals surface area contributed by atoms with E-state index < -0.39 is 11.8 Å². The van der Waals surface area contributed by atoms with Gasteiger partial charge in [-0.05, 0) is 29.8 Å². The van der Waals surface area contributed by atoms with E-state index in [4.69, 9.17) is 16.7 Å². The fraction of sp³-hybridized carbons (Fsp3) is 0.0769. The molecule has 19 heavy (non-hydrogen) atoms. The zero-order chi connectivity index (χ0) is 13.8. The lowest BCUT2D eigenvalue weighted by molar-refractivity contribution is 0.0696. The van der Waals surface area contributed by atoms with Crippen LogP contribution in [0.4, 0.5) is 4.39 Å². The summed E-state index contributed by atoms with van der Waals surface area (Å²) in [5, 5.41) is 9.53. The summed E-state index contributed by atoms with van der Waals surface area (Å²) in [6.45, 7) is 0. The highest BCUT2D eigenvalue weighted by atomic mass is 35.5. The molecule has 0 fully saturated rings. The van der Waals surface area contributed by atoms with E-state index in [1.807, 2.05) is 0 Å². The Labute approximate surface area is 118 Å². The minimum absolute atomic E-state index is 0.0901. The Morgan fingerprint density at radius 2 is 2.16 bits per heavy atom. The van der Waals surface area contributed by atoms with Crippen molar-refractivity contribution in [1.82, 2.24) is 4.98 Å². The molecule has 0 spiro atoms. The minimum atomic E-state index is -1.01. The van der Waals surface area contributed by atoms with Gasteiger partial charge in [-0.3, -0.25) is 0 Å². The maximum Gasteiger partial charge on any atom is 0.337 e. The number of carboxylic acid groups (broad SMARTS) is 1. The van der Waals surface area contributed by atoms with E-state index in [0.29, 0.717) is 10.8 Å². The highest BCUT2D eigenvalue weighted by Gasteiger charge is 2.05. The molecule has 98 valence electrons. The van der Waals surface area contributed by atoms with Crippen molar-refractivity contribution in [1.29, 1.82) is 0 Å². The van der Waals surface area contributed by atoms with Gasteiger partial charge in [0.05, 0.1) is 15.6 Å². The van der Waals surface area contributed by atoms with Crippen LogP contribution in [0, 0.1) is 5.82 Å². The Kier molecular flexibility index (Phi) is 4.39. The van der Waals surface area contributed by atoms with E-state index in [9.17, 15) is 9.18 Å². The monoisotopic (exact) mass is 297 g/mol. The van der Waals surface area contributed by atoms with Crippen molar-refractivity contribution in [2.45, 2.75) is 10.8 Å². The number of thioether (sulfide) groups is 1. The number of halogens is 2. The van der Waals surface area contributed by atoms with Gasteiger partial charge in [0, 0.05) is 11.9 Å². The molecule has 0 unspecified atom stereocenters. The zero-order valence-corrected chi connectivity index (χ0v) is 11.2. The summed E-state index contributed by atoms with van der Waals surface area (Å²) in [6, 6.07) is 7.67. The lowest BCUT2D eigenvalue weighted by atomic mass is 10.2. The maximum absolute atomic E-state index is 13.0. The molecule has 0 aliphatic heterocycles. The number of aromatic carboxylic acids is 1. The third-order valence-corrected chi connectivity index (χ3v) is 3.66. The van der Waals surface area contributed by atoms with E-state index in [2.05, 4.69) is 4.98 Å². The molecule has 1 aromatic carbocycles. The van der Waals surface area contributed by atoms with E-state index >= 15 is 0 Å². The fourth-order valence-corrected chi connectivity index (χ4v) is 2.37. The van der Waals surface area contributed by atoms with Gasteiger partial charge in [0.15, 0.2) is 0 Å². The molecule has 0 aliphatic rings.